The van der Waals surface area contributed by atoms with E-state index in [2.05, 4.69) is 23.6 Å². The van der Waals surface area contributed by atoms with Crippen molar-refractivity contribution in [1.82, 2.24) is 10.6 Å². The van der Waals surface area contributed by atoms with Crippen LogP contribution in [0.25, 0.3) is 0 Å². The monoisotopic (exact) mass is 197 g/mol. The van der Waals surface area contributed by atoms with Gasteiger partial charge in [-0.1, -0.05) is 13.0 Å². The first kappa shape index (κ1) is 13.2. The Morgan fingerprint density at radius 3 is 2.50 bits per heavy atom. The van der Waals surface area contributed by atoms with E-state index < -0.39 is 0 Å². The van der Waals surface area contributed by atoms with Crippen molar-refractivity contribution >= 4 is 5.71 Å². The quantitative estimate of drug-likeness (QED) is 0.411. The van der Waals surface area contributed by atoms with E-state index in [-0.39, 0.29) is 0 Å². The smallest absolute Gasteiger partial charge is 0.0269 e. The van der Waals surface area contributed by atoms with Crippen LogP contribution in [-0.2, 0) is 0 Å². The summed E-state index contributed by atoms with van der Waals surface area (Å²) in [5.41, 5.74) is 1.99. The van der Waals surface area contributed by atoms with Gasteiger partial charge in [0.15, 0.2) is 0 Å². The summed E-state index contributed by atoms with van der Waals surface area (Å²) >= 11 is 0. The van der Waals surface area contributed by atoms with Crippen LogP contribution in [0.2, 0.25) is 0 Å². The van der Waals surface area contributed by atoms with Gasteiger partial charge in [0, 0.05) is 24.5 Å². The molecule has 0 amide bonds. The van der Waals surface area contributed by atoms with Crippen molar-refractivity contribution in [2.24, 2.45) is 0 Å². The molecule has 0 aromatic heterocycles. The summed E-state index contributed by atoms with van der Waals surface area (Å²) in [4.78, 5) is 0. The summed E-state index contributed by atoms with van der Waals surface area (Å²) in [5, 5.41) is 14.0. The van der Waals surface area contributed by atoms with Crippen molar-refractivity contribution in [3.05, 3.63) is 11.8 Å². The molecule has 0 unspecified atom stereocenters. The van der Waals surface area contributed by atoms with Gasteiger partial charge in [0.25, 0.3) is 0 Å². The Morgan fingerprint density at radius 2 is 2.00 bits per heavy atom. The summed E-state index contributed by atoms with van der Waals surface area (Å²) < 4.78 is 0. The van der Waals surface area contributed by atoms with Gasteiger partial charge in [-0.3, -0.25) is 0 Å². The Kier molecular flexibility index (Phi) is 8.24. The molecule has 0 fully saturated rings. The van der Waals surface area contributed by atoms with Gasteiger partial charge in [-0.2, -0.15) is 0 Å². The molecule has 3 N–H and O–H groups in total. The number of hydrogen-bond acceptors (Lipinski definition) is 3. The van der Waals surface area contributed by atoms with Crippen LogP contribution in [0.5, 0.6) is 0 Å². The second-order valence-electron chi connectivity index (χ2n) is 3.37. The van der Waals surface area contributed by atoms with Gasteiger partial charge in [-0.25, -0.2) is 0 Å². The highest BCUT2D eigenvalue weighted by Gasteiger charge is 1.96. The predicted molar refractivity (Wildman–Crippen MR) is 62.9 cm³/mol. The molecule has 0 aliphatic carbocycles. The molecule has 0 aliphatic rings. The summed E-state index contributed by atoms with van der Waals surface area (Å²) in [6, 6.07) is 0. The van der Waals surface area contributed by atoms with Crippen molar-refractivity contribution in [2.45, 2.75) is 33.6 Å². The fourth-order valence-electron chi connectivity index (χ4n) is 1.15. The van der Waals surface area contributed by atoms with E-state index in [4.69, 9.17) is 5.41 Å². The topological polar surface area (TPSA) is 47.9 Å². The Morgan fingerprint density at radius 1 is 1.29 bits per heavy atom. The lowest BCUT2D eigenvalue weighted by Crippen LogP contribution is -2.26. The van der Waals surface area contributed by atoms with Gasteiger partial charge in [-0.05, 0) is 33.2 Å². The summed E-state index contributed by atoms with van der Waals surface area (Å²) in [7, 11) is 0. The molecule has 0 saturated carbocycles. The number of allylic oxidation sites excluding steroid dienone is 2. The zero-order chi connectivity index (χ0) is 10.8. The predicted octanol–water partition coefficient (Wildman–Crippen LogP) is 1.91. The molecule has 0 atom stereocenters. The van der Waals surface area contributed by atoms with Crippen LogP contribution in [0, 0.1) is 5.41 Å². The van der Waals surface area contributed by atoms with Crippen molar-refractivity contribution < 1.29 is 0 Å². The second kappa shape index (κ2) is 8.75. The standard InChI is InChI=1S/C11H23N3/c1-4-11(7-6-10(3)12)14-9-8-13-5-2/h4,12-14H,5-9H2,1-3H3/b11-4+,12-10?. The molecule has 0 heterocycles. The summed E-state index contributed by atoms with van der Waals surface area (Å²) in [6.45, 7) is 8.98. The molecule has 82 valence electrons. The average molecular weight is 197 g/mol. The van der Waals surface area contributed by atoms with Crippen molar-refractivity contribution in [3.8, 4) is 0 Å². The lowest BCUT2D eigenvalue weighted by molar-refractivity contribution is 0.659. The first-order valence-electron chi connectivity index (χ1n) is 5.34. The van der Waals surface area contributed by atoms with E-state index in [0.717, 1.165) is 38.2 Å². The minimum atomic E-state index is 0.748. The van der Waals surface area contributed by atoms with Crippen molar-refractivity contribution in [2.75, 3.05) is 19.6 Å². The minimum absolute atomic E-state index is 0.748. The van der Waals surface area contributed by atoms with Gasteiger partial charge >= 0.3 is 0 Å². The average Bonchev–Trinajstić information content (AvgIpc) is 2.16. The maximum absolute atomic E-state index is 7.34. The molecule has 0 aromatic rings. The van der Waals surface area contributed by atoms with Crippen LogP contribution in [0.15, 0.2) is 11.8 Å². The first-order valence-corrected chi connectivity index (χ1v) is 5.34. The van der Waals surface area contributed by atoms with Crippen LogP contribution in [0.3, 0.4) is 0 Å². The molecule has 0 aliphatic heterocycles. The van der Waals surface area contributed by atoms with E-state index in [9.17, 15) is 0 Å². The van der Waals surface area contributed by atoms with E-state index in [1.165, 1.54) is 5.70 Å². The highest BCUT2D eigenvalue weighted by atomic mass is 14.9. The number of rotatable bonds is 8. The van der Waals surface area contributed by atoms with Crippen LogP contribution in [0.1, 0.15) is 33.6 Å². The Balaban J connectivity index is 3.54. The molecule has 0 spiro atoms. The lowest BCUT2D eigenvalue weighted by atomic mass is 10.2. The fourth-order valence-corrected chi connectivity index (χ4v) is 1.15. The molecule has 0 saturated heterocycles. The Labute approximate surface area is 87.5 Å². The van der Waals surface area contributed by atoms with Gasteiger partial charge in [0.2, 0.25) is 0 Å². The van der Waals surface area contributed by atoms with Crippen LogP contribution in [0.4, 0.5) is 0 Å². The third-order valence-corrected chi connectivity index (χ3v) is 2.02. The van der Waals surface area contributed by atoms with E-state index in [0.29, 0.717) is 0 Å². The highest BCUT2D eigenvalue weighted by molar-refractivity contribution is 5.78. The van der Waals surface area contributed by atoms with E-state index in [1.807, 2.05) is 13.8 Å². The van der Waals surface area contributed by atoms with Crippen molar-refractivity contribution in [3.63, 3.8) is 0 Å². The van der Waals surface area contributed by atoms with Gasteiger partial charge < -0.3 is 16.0 Å². The zero-order valence-corrected chi connectivity index (χ0v) is 9.61. The van der Waals surface area contributed by atoms with Gasteiger partial charge in [-0.15, -0.1) is 0 Å². The normalized spacial score (nSPS) is 11.5. The second-order valence-corrected chi connectivity index (χ2v) is 3.37. The summed E-state index contributed by atoms with van der Waals surface area (Å²) in [6.07, 6.45) is 3.90. The molecule has 0 aromatic carbocycles. The third kappa shape index (κ3) is 7.80. The van der Waals surface area contributed by atoms with Crippen LogP contribution < -0.4 is 10.6 Å². The molecule has 3 nitrogen and oxygen atoms in total. The van der Waals surface area contributed by atoms with E-state index in [1.54, 1.807) is 0 Å². The highest BCUT2D eigenvalue weighted by Crippen LogP contribution is 2.01. The van der Waals surface area contributed by atoms with E-state index >= 15 is 0 Å². The molecule has 0 bridgehead atoms. The van der Waals surface area contributed by atoms with Crippen molar-refractivity contribution in [1.29, 1.82) is 5.41 Å². The molecule has 3 heteroatoms. The Bertz CT molecular complexity index is 185. The molecule has 0 radical (unpaired) electrons. The SMILES string of the molecule is C/C=C(\CCC(C)=N)NCCNCC. The zero-order valence-electron chi connectivity index (χ0n) is 9.61. The van der Waals surface area contributed by atoms with Crippen LogP contribution in [-0.4, -0.2) is 25.3 Å². The minimum Gasteiger partial charge on any atom is -0.387 e. The number of likely N-dealkylation sites (N-methyl/N-ethyl adjacent to an activating group) is 1. The summed E-state index contributed by atoms with van der Waals surface area (Å²) in [5.74, 6) is 0. The first-order chi connectivity index (χ1) is 6.70. The van der Waals surface area contributed by atoms with Gasteiger partial charge in [0.1, 0.15) is 0 Å². The van der Waals surface area contributed by atoms with Crippen LogP contribution >= 0.6 is 0 Å². The third-order valence-electron chi connectivity index (χ3n) is 2.02. The van der Waals surface area contributed by atoms with Gasteiger partial charge in [0.05, 0.1) is 0 Å². The molecular weight excluding hydrogens is 174 g/mol. The number of hydrogen-bond donors (Lipinski definition) is 3. The fraction of sp³-hybridized carbons (Fsp3) is 0.727. The number of nitrogens with one attached hydrogen (secondary N) is 3. The Hall–Kier alpha value is -0.830. The molecular formula is C11H23N3. The molecule has 14 heavy (non-hydrogen) atoms. The maximum Gasteiger partial charge on any atom is 0.0269 e. The largest absolute Gasteiger partial charge is 0.387 e. The maximum atomic E-state index is 7.34. The lowest BCUT2D eigenvalue weighted by Gasteiger charge is -2.10. The molecule has 0 rings (SSSR count).